The number of anilines is 2. The third-order valence-corrected chi connectivity index (χ3v) is 7.43. The van der Waals surface area contributed by atoms with E-state index in [1.165, 1.54) is 11.4 Å². The van der Waals surface area contributed by atoms with Crippen molar-refractivity contribution in [3.8, 4) is 0 Å². The van der Waals surface area contributed by atoms with Gasteiger partial charge in [-0.15, -0.1) is 0 Å². The molecule has 0 unspecified atom stereocenters. The first-order chi connectivity index (χ1) is 12.5. The van der Waals surface area contributed by atoms with Gasteiger partial charge in [0, 0.05) is 63.7 Å². The van der Waals surface area contributed by atoms with Crippen LogP contribution in [-0.2, 0) is 10.0 Å². The second-order valence-corrected chi connectivity index (χ2v) is 9.45. The lowest BCUT2D eigenvalue weighted by atomic mass is 10.2. The Morgan fingerprint density at radius 1 is 0.808 bits per heavy atom. The van der Waals surface area contributed by atoms with Crippen molar-refractivity contribution in [3.05, 3.63) is 24.3 Å². The van der Waals surface area contributed by atoms with E-state index in [0.717, 1.165) is 52.1 Å². The molecular weight excluding hydrogens is 348 g/mol. The summed E-state index contributed by atoms with van der Waals surface area (Å²) in [6, 6.07) is 8.75. The molecule has 0 atom stereocenters. The van der Waals surface area contributed by atoms with Gasteiger partial charge < -0.3 is 14.7 Å². The van der Waals surface area contributed by atoms with Crippen LogP contribution in [-0.4, -0.2) is 82.8 Å². The van der Waals surface area contributed by atoms with Gasteiger partial charge in [-0.2, -0.15) is 4.31 Å². The molecule has 0 saturated carbocycles. The normalized spacial score (nSPS) is 20.5. The summed E-state index contributed by atoms with van der Waals surface area (Å²) in [5.74, 6) is 0.281. The van der Waals surface area contributed by atoms with Crippen LogP contribution in [0.3, 0.4) is 0 Å². The number of likely N-dealkylation sites (N-methyl/N-ethyl adjacent to an activating group) is 1. The zero-order chi connectivity index (χ0) is 18.6. The minimum Gasteiger partial charge on any atom is -0.369 e. The van der Waals surface area contributed by atoms with Crippen LogP contribution in [0.5, 0.6) is 0 Å². The van der Waals surface area contributed by atoms with Crippen LogP contribution in [0.15, 0.2) is 24.3 Å². The fraction of sp³-hybridized carbons (Fsp3) is 0.684. The van der Waals surface area contributed by atoms with Crippen molar-refractivity contribution in [2.75, 3.05) is 75.0 Å². The summed E-state index contributed by atoms with van der Waals surface area (Å²) in [4.78, 5) is 7.08. The van der Waals surface area contributed by atoms with Crippen molar-refractivity contribution < 1.29 is 8.42 Å². The lowest BCUT2D eigenvalue weighted by Gasteiger charge is -2.36. The molecule has 2 aliphatic heterocycles. The monoisotopic (exact) mass is 380 g/mol. The van der Waals surface area contributed by atoms with E-state index < -0.39 is 10.0 Å². The largest absolute Gasteiger partial charge is 0.369 e. The predicted octanol–water partition coefficient (Wildman–Crippen LogP) is 1.69. The second kappa shape index (κ2) is 8.59. The van der Waals surface area contributed by atoms with Crippen LogP contribution in [0.4, 0.5) is 11.4 Å². The van der Waals surface area contributed by atoms with E-state index >= 15 is 0 Å². The van der Waals surface area contributed by atoms with E-state index in [2.05, 4.69) is 46.0 Å². The Kier molecular flexibility index (Phi) is 6.42. The van der Waals surface area contributed by atoms with Crippen LogP contribution in [0.25, 0.3) is 0 Å². The molecule has 26 heavy (non-hydrogen) atoms. The summed E-state index contributed by atoms with van der Waals surface area (Å²) in [6.07, 6.45) is 1.66. The summed E-state index contributed by atoms with van der Waals surface area (Å²) < 4.78 is 26.3. The number of benzene rings is 1. The van der Waals surface area contributed by atoms with Crippen molar-refractivity contribution in [1.82, 2.24) is 9.21 Å². The summed E-state index contributed by atoms with van der Waals surface area (Å²) in [6.45, 7) is 9.09. The van der Waals surface area contributed by atoms with E-state index in [4.69, 9.17) is 0 Å². The number of hydrogen-bond acceptors (Lipinski definition) is 5. The molecular formula is C19H32N4O2S. The highest BCUT2D eigenvalue weighted by molar-refractivity contribution is 7.89. The van der Waals surface area contributed by atoms with Gasteiger partial charge in [0.15, 0.2) is 0 Å². The maximum atomic E-state index is 12.3. The number of piperazine rings is 2. The quantitative estimate of drug-likeness (QED) is 0.752. The Labute approximate surface area is 158 Å². The molecule has 0 spiro atoms. The Hall–Kier alpha value is -1.31. The van der Waals surface area contributed by atoms with E-state index in [0.29, 0.717) is 13.1 Å². The van der Waals surface area contributed by atoms with Crippen molar-refractivity contribution in [2.45, 2.75) is 19.8 Å². The van der Waals surface area contributed by atoms with E-state index in [9.17, 15) is 8.42 Å². The summed E-state index contributed by atoms with van der Waals surface area (Å²) in [7, 11) is -0.912. The maximum Gasteiger partial charge on any atom is 0.214 e. The van der Waals surface area contributed by atoms with Gasteiger partial charge in [-0.3, -0.25) is 0 Å². The van der Waals surface area contributed by atoms with Crippen molar-refractivity contribution in [2.24, 2.45) is 0 Å². The van der Waals surface area contributed by atoms with E-state index in [1.807, 2.05) is 6.92 Å². The topological polar surface area (TPSA) is 47.1 Å². The van der Waals surface area contributed by atoms with Crippen molar-refractivity contribution >= 4 is 21.4 Å². The number of sulfonamides is 1. The standard InChI is InChI=1S/C19H32N4O2S/c1-3-4-17-26(24,25)23-15-13-22(14-16-23)19-7-5-18(6-8-19)21-11-9-20(2)10-12-21/h5-8H,3-4,9-17H2,1-2H3. The number of rotatable bonds is 6. The van der Waals surface area contributed by atoms with Crippen molar-refractivity contribution in [3.63, 3.8) is 0 Å². The van der Waals surface area contributed by atoms with Gasteiger partial charge in [0.25, 0.3) is 0 Å². The molecule has 2 saturated heterocycles. The van der Waals surface area contributed by atoms with E-state index in [1.54, 1.807) is 4.31 Å². The summed E-state index contributed by atoms with van der Waals surface area (Å²) in [5, 5.41) is 0. The van der Waals surface area contributed by atoms with Gasteiger partial charge >= 0.3 is 0 Å². The lowest BCUT2D eigenvalue weighted by Crippen LogP contribution is -2.49. The molecule has 146 valence electrons. The molecule has 2 aliphatic rings. The molecule has 2 heterocycles. The minimum atomic E-state index is -3.08. The van der Waals surface area contributed by atoms with Gasteiger partial charge in [0.1, 0.15) is 0 Å². The number of unbranched alkanes of at least 4 members (excludes halogenated alkanes) is 1. The fourth-order valence-corrected chi connectivity index (χ4v) is 5.25. The smallest absolute Gasteiger partial charge is 0.214 e. The first-order valence-corrected chi connectivity index (χ1v) is 11.4. The molecule has 1 aromatic carbocycles. The molecule has 7 heteroatoms. The molecule has 2 fully saturated rings. The molecule has 0 bridgehead atoms. The molecule has 0 N–H and O–H groups in total. The summed E-state index contributed by atoms with van der Waals surface area (Å²) >= 11 is 0. The molecule has 0 amide bonds. The number of nitrogens with zero attached hydrogens (tertiary/aromatic N) is 4. The van der Waals surface area contributed by atoms with Crippen LogP contribution >= 0.6 is 0 Å². The van der Waals surface area contributed by atoms with Gasteiger partial charge in [-0.05, 0) is 37.7 Å². The van der Waals surface area contributed by atoms with Gasteiger partial charge in [-0.25, -0.2) is 8.42 Å². The zero-order valence-electron chi connectivity index (χ0n) is 16.1. The van der Waals surface area contributed by atoms with E-state index in [-0.39, 0.29) is 5.75 Å². The zero-order valence-corrected chi connectivity index (χ0v) is 16.9. The average molecular weight is 381 g/mol. The Morgan fingerprint density at radius 3 is 1.73 bits per heavy atom. The Morgan fingerprint density at radius 2 is 1.27 bits per heavy atom. The maximum absolute atomic E-state index is 12.3. The third-order valence-electron chi connectivity index (χ3n) is 5.47. The average Bonchev–Trinajstić information content (AvgIpc) is 2.67. The number of hydrogen-bond donors (Lipinski definition) is 0. The summed E-state index contributed by atoms with van der Waals surface area (Å²) in [5.41, 5.74) is 2.47. The first-order valence-electron chi connectivity index (χ1n) is 9.76. The van der Waals surface area contributed by atoms with Gasteiger partial charge in [-0.1, -0.05) is 13.3 Å². The highest BCUT2D eigenvalue weighted by atomic mass is 32.2. The Bertz CT molecular complexity index is 661. The third kappa shape index (κ3) is 4.69. The first kappa shape index (κ1) is 19.5. The van der Waals surface area contributed by atoms with Crippen molar-refractivity contribution in [1.29, 1.82) is 0 Å². The highest BCUT2D eigenvalue weighted by Gasteiger charge is 2.26. The van der Waals surface area contributed by atoms with Crippen LogP contribution in [0.2, 0.25) is 0 Å². The van der Waals surface area contributed by atoms with Gasteiger partial charge in [0.2, 0.25) is 10.0 Å². The second-order valence-electron chi connectivity index (χ2n) is 7.36. The van der Waals surface area contributed by atoms with Crippen LogP contribution in [0.1, 0.15) is 19.8 Å². The highest BCUT2D eigenvalue weighted by Crippen LogP contribution is 2.23. The SMILES string of the molecule is CCCCS(=O)(=O)N1CCN(c2ccc(N3CCN(C)CC3)cc2)CC1. The molecule has 0 aromatic heterocycles. The lowest BCUT2D eigenvalue weighted by molar-refractivity contribution is 0.313. The molecule has 1 aromatic rings. The molecule has 6 nitrogen and oxygen atoms in total. The van der Waals surface area contributed by atoms with Gasteiger partial charge in [0.05, 0.1) is 5.75 Å². The van der Waals surface area contributed by atoms with Crippen LogP contribution in [0, 0.1) is 0 Å². The molecule has 0 aliphatic carbocycles. The predicted molar refractivity (Wildman–Crippen MR) is 109 cm³/mol. The molecule has 3 rings (SSSR count). The minimum absolute atomic E-state index is 0.281. The fourth-order valence-electron chi connectivity index (χ4n) is 3.62. The molecule has 0 radical (unpaired) electrons. The Balaban J connectivity index is 1.55. The van der Waals surface area contributed by atoms with Crippen LogP contribution < -0.4 is 9.80 Å².